The van der Waals surface area contributed by atoms with Crippen molar-refractivity contribution in [2.75, 3.05) is 0 Å². The van der Waals surface area contributed by atoms with Gasteiger partial charge in [-0.05, 0) is 25.5 Å². The molecule has 0 fully saturated rings. The number of benzene rings is 1. The van der Waals surface area contributed by atoms with Crippen molar-refractivity contribution in [2.45, 2.75) is 19.4 Å². The Morgan fingerprint density at radius 3 is 2.80 bits per heavy atom. The lowest BCUT2D eigenvalue weighted by molar-refractivity contribution is 0.461. The SMILES string of the molecule is C=C(C)C[C@H](N)c1cc(Br)cc(Cl)c1O. The molecule has 0 heterocycles. The summed E-state index contributed by atoms with van der Waals surface area (Å²) in [7, 11) is 0. The molecule has 0 aliphatic heterocycles. The van der Waals surface area contributed by atoms with Crippen LogP contribution in [-0.2, 0) is 0 Å². The molecule has 0 unspecified atom stereocenters. The van der Waals surface area contributed by atoms with Gasteiger partial charge in [0.1, 0.15) is 5.75 Å². The third-order valence-corrected chi connectivity index (χ3v) is 2.77. The van der Waals surface area contributed by atoms with E-state index in [2.05, 4.69) is 22.5 Å². The summed E-state index contributed by atoms with van der Waals surface area (Å²) in [4.78, 5) is 0. The second-order valence-corrected chi connectivity index (χ2v) is 4.92. The van der Waals surface area contributed by atoms with E-state index in [9.17, 15) is 5.11 Å². The molecule has 4 heteroatoms. The fourth-order valence-electron chi connectivity index (χ4n) is 1.35. The van der Waals surface area contributed by atoms with E-state index < -0.39 is 0 Å². The predicted molar refractivity (Wildman–Crippen MR) is 67.2 cm³/mol. The minimum absolute atomic E-state index is 0.0496. The molecule has 0 bridgehead atoms. The van der Waals surface area contributed by atoms with Gasteiger partial charge in [0.05, 0.1) is 5.02 Å². The lowest BCUT2D eigenvalue weighted by atomic mass is 10.0. The number of hydrogen-bond acceptors (Lipinski definition) is 2. The molecule has 15 heavy (non-hydrogen) atoms. The third-order valence-electron chi connectivity index (χ3n) is 2.03. The number of phenolic OH excluding ortho intramolecular Hbond substituents is 1. The first-order chi connectivity index (χ1) is 6.91. The van der Waals surface area contributed by atoms with Gasteiger partial charge in [-0.1, -0.05) is 33.1 Å². The molecular formula is C11H13BrClNO. The Bertz CT molecular complexity index is 392. The molecule has 1 aromatic rings. The van der Waals surface area contributed by atoms with Crippen molar-refractivity contribution in [3.63, 3.8) is 0 Å². The number of rotatable bonds is 3. The zero-order chi connectivity index (χ0) is 11.6. The first-order valence-electron chi connectivity index (χ1n) is 4.49. The topological polar surface area (TPSA) is 46.2 Å². The quantitative estimate of drug-likeness (QED) is 0.832. The van der Waals surface area contributed by atoms with Crippen molar-refractivity contribution >= 4 is 27.5 Å². The van der Waals surface area contributed by atoms with Gasteiger partial charge in [-0.15, -0.1) is 6.58 Å². The number of aromatic hydroxyl groups is 1. The van der Waals surface area contributed by atoms with E-state index in [4.69, 9.17) is 17.3 Å². The average molecular weight is 291 g/mol. The molecule has 1 atom stereocenters. The highest BCUT2D eigenvalue weighted by Gasteiger charge is 2.14. The van der Waals surface area contributed by atoms with Gasteiger partial charge in [-0.25, -0.2) is 0 Å². The number of halogens is 2. The largest absolute Gasteiger partial charge is 0.506 e. The monoisotopic (exact) mass is 289 g/mol. The molecule has 1 aromatic carbocycles. The third kappa shape index (κ3) is 3.23. The summed E-state index contributed by atoms with van der Waals surface area (Å²) in [5.74, 6) is 0.0496. The standard InChI is InChI=1S/C11H13BrClNO/c1-6(2)3-10(14)8-4-7(12)5-9(13)11(8)15/h4-5,10,15H,1,3,14H2,2H3/t10-/m0/s1. The summed E-state index contributed by atoms with van der Waals surface area (Å²) in [5, 5.41) is 10.0. The van der Waals surface area contributed by atoms with E-state index in [0.717, 1.165) is 10.0 Å². The van der Waals surface area contributed by atoms with Crippen molar-refractivity contribution in [2.24, 2.45) is 5.73 Å². The van der Waals surface area contributed by atoms with Crippen LogP contribution in [0.1, 0.15) is 24.9 Å². The van der Waals surface area contributed by atoms with Gasteiger partial charge < -0.3 is 10.8 Å². The Morgan fingerprint density at radius 2 is 2.27 bits per heavy atom. The molecule has 2 nitrogen and oxygen atoms in total. The Morgan fingerprint density at radius 1 is 1.67 bits per heavy atom. The Balaban J connectivity index is 3.07. The summed E-state index contributed by atoms with van der Waals surface area (Å²) in [5.41, 5.74) is 7.54. The number of hydrogen-bond donors (Lipinski definition) is 2. The van der Waals surface area contributed by atoms with E-state index in [1.807, 2.05) is 6.92 Å². The summed E-state index contributed by atoms with van der Waals surface area (Å²) < 4.78 is 0.803. The predicted octanol–water partition coefficient (Wildman–Crippen LogP) is 3.77. The van der Waals surface area contributed by atoms with E-state index in [1.54, 1.807) is 12.1 Å². The first-order valence-corrected chi connectivity index (χ1v) is 5.66. The van der Waals surface area contributed by atoms with Crippen molar-refractivity contribution < 1.29 is 5.11 Å². The first kappa shape index (κ1) is 12.6. The molecular weight excluding hydrogens is 277 g/mol. The molecule has 0 saturated carbocycles. The van der Waals surface area contributed by atoms with Crippen LogP contribution in [-0.4, -0.2) is 5.11 Å². The van der Waals surface area contributed by atoms with Crippen molar-refractivity contribution in [1.82, 2.24) is 0 Å². The molecule has 0 aliphatic carbocycles. The number of phenols is 1. The fourth-order valence-corrected chi connectivity index (χ4v) is 2.19. The van der Waals surface area contributed by atoms with E-state index in [-0.39, 0.29) is 11.8 Å². The van der Waals surface area contributed by atoms with Crippen LogP contribution in [0.15, 0.2) is 28.8 Å². The second kappa shape index (κ2) is 5.01. The Kier molecular flexibility index (Phi) is 4.20. The number of nitrogens with two attached hydrogens (primary N) is 1. The average Bonchev–Trinajstić information content (AvgIpc) is 2.09. The van der Waals surface area contributed by atoms with Crippen LogP contribution in [0, 0.1) is 0 Å². The van der Waals surface area contributed by atoms with Crippen molar-refractivity contribution in [3.05, 3.63) is 39.3 Å². The highest BCUT2D eigenvalue weighted by Crippen LogP contribution is 2.35. The maximum absolute atomic E-state index is 9.74. The molecule has 0 spiro atoms. The van der Waals surface area contributed by atoms with Crippen LogP contribution in [0.4, 0.5) is 0 Å². The van der Waals surface area contributed by atoms with Crippen LogP contribution in [0.2, 0.25) is 5.02 Å². The molecule has 0 radical (unpaired) electrons. The lowest BCUT2D eigenvalue weighted by Crippen LogP contribution is -2.10. The zero-order valence-corrected chi connectivity index (χ0v) is 10.8. The molecule has 3 N–H and O–H groups in total. The van der Waals surface area contributed by atoms with Crippen LogP contribution in [0.5, 0.6) is 5.75 Å². The van der Waals surface area contributed by atoms with Gasteiger partial charge in [0, 0.05) is 16.1 Å². The van der Waals surface area contributed by atoms with Crippen LogP contribution in [0.3, 0.4) is 0 Å². The van der Waals surface area contributed by atoms with Gasteiger partial charge in [0.2, 0.25) is 0 Å². The molecule has 82 valence electrons. The fraction of sp³-hybridized carbons (Fsp3) is 0.273. The molecule has 1 rings (SSSR count). The summed E-state index contributed by atoms with van der Waals surface area (Å²) in [6.07, 6.45) is 0.625. The van der Waals surface area contributed by atoms with Gasteiger partial charge in [-0.2, -0.15) is 0 Å². The second-order valence-electron chi connectivity index (χ2n) is 3.59. The minimum atomic E-state index is -0.280. The summed E-state index contributed by atoms with van der Waals surface area (Å²) in [6, 6.07) is 3.13. The van der Waals surface area contributed by atoms with Gasteiger partial charge in [0.25, 0.3) is 0 Å². The van der Waals surface area contributed by atoms with E-state index >= 15 is 0 Å². The van der Waals surface area contributed by atoms with E-state index in [0.29, 0.717) is 17.0 Å². The van der Waals surface area contributed by atoms with Crippen molar-refractivity contribution in [1.29, 1.82) is 0 Å². The minimum Gasteiger partial charge on any atom is -0.506 e. The highest BCUT2D eigenvalue weighted by molar-refractivity contribution is 9.10. The Hall–Kier alpha value is -0.510. The maximum Gasteiger partial charge on any atom is 0.139 e. The van der Waals surface area contributed by atoms with Crippen LogP contribution < -0.4 is 5.73 Å². The van der Waals surface area contributed by atoms with E-state index in [1.165, 1.54) is 0 Å². The molecule has 0 amide bonds. The smallest absolute Gasteiger partial charge is 0.139 e. The van der Waals surface area contributed by atoms with Gasteiger partial charge in [-0.3, -0.25) is 0 Å². The summed E-state index contributed by atoms with van der Waals surface area (Å²) >= 11 is 9.15. The Labute approximate surface area is 103 Å². The zero-order valence-electron chi connectivity index (χ0n) is 8.43. The summed E-state index contributed by atoms with van der Waals surface area (Å²) in [6.45, 7) is 5.69. The lowest BCUT2D eigenvalue weighted by Gasteiger charge is -2.14. The van der Waals surface area contributed by atoms with Crippen LogP contribution in [0.25, 0.3) is 0 Å². The maximum atomic E-state index is 9.74. The molecule has 0 aliphatic rings. The van der Waals surface area contributed by atoms with Gasteiger partial charge >= 0.3 is 0 Å². The normalized spacial score (nSPS) is 12.5. The molecule has 0 aromatic heterocycles. The van der Waals surface area contributed by atoms with Crippen LogP contribution >= 0.6 is 27.5 Å². The molecule has 0 saturated heterocycles. The van der Waals surface area contributed by atoms with Crippen molar-refractivity contribution in [3.8, 4) is 5.75 Å². The highest BCUT2D eigenvalue weighted by atomic mass is 79.9. The van der Waals surface area contributed by atoms with Gasteiger partial charge in [0.15, 0.2) is 0 Å².